The maximum Gasteiger partial charge on any atom is 0.387 e. The van der Waals surface area contributed by atoms with Crippen LogP contribution in [0, 0.1) is 11.6 Å². The number of anilines is 1. The minimum absolute atomic E-state index is 0.0256. The number of benzene rings is 1. The van der Waals surface area contributed by atoms with Gasteiger partial charge in [0, 0.05) is 30.4 Å². The van der Waals surface area contributed by atoms with Gasteiger partial charge in [0.05, 0.1) is 11.8 Å². The predicted molar refractivity (Wildman–Crippen MR) is 87.5 cm³/mol. The van der Waals surface area contributed by atoms with Crippen molar-refractivity contribution < 1.29 is 44.2 Å². The third-order valence-corrected chi connectivity index (χ3v) is 5.69. The summed E-state index contributed by atoms with van der Waals surface area (Å²) in [5.74, 6) is -3.81. The molecule has 1 heterocycles. The van der Waals surface area contributed by atoms with Crippen LogP contribution in [0.25, 0.3) is 0 Å². The summed E-state index contributed by atoms with van der Waals surface area (Å²) in [6.07, 6.45) is 0.571. The highest BCUT2D eigenvalue weighted by Crippen LogP contribution is 2.32. The summed E-state index contributed by atoms with van der Waals surface area (Å²) < 4.78 is 112. The van der Waals surface area contributed by atoms with Crippen LogP contribution < -0.4 is 9.46 Å². The third-order valence-electron chi connectivity index (χ3n) is 4.25. The SMILES string of the molecule is O=S(=O)(Nc1cc(F)c(OC(F)F)cc1F)c1c[nH]c2c1CCC(OC(F)F)C2. The summed E-state index contributed by atoms with van der Waals surface area (Å²) in [7, 11) is -4.39. The standard InChI is InChI=1S/C16H14F6N2O4S/c17-9-5-13(28-16(21)22)10(18)4-12(9)24-29(25,26)14-6-23-11-3-7(27-15(19)20)1-2-8(11)14/h4-7,15-16,23-24H,1-3H2. The molecule has 1 atom stereocenters. The van der Waals surface area contributed by atoms with E-state index in [1.165, 1.54) is 0 Å². The third kappa shape index (κ3) is 4.78. The highest BCUT2D eigenvalue weighted by atomic mass is 32.2. The number of nitrogens with one attached hydrogen (secondary N) is 2. The summed E-state index contributed by atoms with van der Waals surface area (Å²) in [4.78, 5) is 2.39. The molecule has 0 aliphatic heterocycles. The lowest BCUT2D eigenvalue weighted by molar-refractivity contribution is -0.164. The van der Waals surface area contributed by atoms with Gasteiger partial charge in [-0.05, 0) is 18.4 Å². The number of aromatic amines is 1. The lowest BCUT2D eigenvalue weighted by Crippen LogP contribution is -2.25. The van der Waals surface area contributed by atoms with Crippen LogP contribution in [0.2, 0.25) is 0 Å². The van der Waals surface area contributed by atoms with E-state index in [9.17, 15) is 34.8 Å². The summed E-state index contributed by atoms with van der Waals surface area (Å²) in [6, 6.07) is 0.661. The number of ether oxygens (including phenoxy) is 2. The van der Waals surface area contributed by atoms with E-state index in [2.05, 4.69) is 14.5 Å². The van der Waals surface area contributed by atoms with Crippen molar-refractivity contribution in [3.8, 4) is 5.75 Å². The minimum Gasteiger partial charge on any atom is -0.432 e. The van der Waals surface area contributed by atoms with E-state index in [0.717, 1.165) is 6.20 Å². The zero-order valence-corrected chi connectivity index (χ0v) is 15.2. The Morgan fingerprint density at radius 2 is 1.83 bits per heavy atom. The fourth-order valence-electron chi connectivity index (χ4n) is 3.06. The van der Waals surface area contributed by atoms with E-state index in [0.29, 0.717) is 17.3 Å². The molecule has 160 valence electrons. The van der Waals surface area contributed by atoms with Crippen molar-refractivity contribution >= 4 is 15.7 Å². The van der Waals surface area contributed by atoms with Crippen LogP contribution in [0.5, 0.6) is 5.75 Å². The van der Waals surface area contributed by atoms with E-state index in [1.807, 2.05) is 4.72 Å². The first-order valence-electron chi connectivity index (χ1n) is 8.16. The fraction of sp³-hybridized carbons (Fsp3) is 0.375. The first-order chi connectivity index (χ1) is 13.6. The summed E-state index contributed by atoms with van der Waals surface area (Å²) in [5, 5.41) is 0. The van der Waals surface area contributed by atoms with Gasteiger partial charge < -0.3 is 14.5 Å². The van der Waals surface area contributed by atoms with Crippen molar-refractivity contribution in [1.82, 2.24) is 4.98 Å². The average Bonchev–Trinajstić information content (AvgIpc) is 3.02. The normalized spacial score (nSPS) is 16.9. The number of rotatable bonds is 7. The van der Waals surface area contributed by atoms with Crippen LogP contribution in [-0.4, -0.2) is 32.7 Å². The number of alkyl halides is 4. The molecule has 0 saturated carbocycles. The van der Waals surface area contributed by atoms with Gasteiger partial charge in [-0.2, -0.15) is 17.6 Å². The number of H-pyrrole nitrogens is 1. The van der Waals surface area contributed by atoms with Gasteiger partial charge in [-0.3, -0.25) is 4.72 Å². The molecule has 2 N–H and O–H groups in total. The molecule has 0 radical (unpaired) electrons. The fourth-order valence-corrected chi connectivity index (χ4v) is 4.38. The van der Waals surface area contributed by atoms with E-state index in [-0.39, 0.29) is 30.2 Å². The van der Waals surface area contributed by atoms with Gasteiger partial charge in [0.15, 0.2) is 17.4 Å². The summed E-state index contributed by atoms with van der Waals surface area (Å²) in [6.45, 7) is -6.35. The van der Waals surface area contributed by atoms with Gasteiger partial charge in [-0.25, -0.2) is 17.2 Å². The number of hydrogen-bond acceptors (Lipinski definition) is 4. The Labute approximate surface area is 160 Å². The Morgan fingerprint density at radius 1 is 1.10 bits per heavy atom. The molecule has 13 heteroatoms. The van der Waals surface area contributed by atoms with Crippen molar-refractivity contribution in [2.75, 3.05) is 4.72 Å². The molecule has 1 aromatic heterocycles. The van der Waals surface area contributed by atoms with E-state index in [1.54, 1.807) is 0 Å². The quantitative estimate of drug-likeness (QED) is 0.637. The Hall–Kier alpha value is -2.41. The maximum absolute atomic E-state index is 14.1. The van der Waals surface area contributed by atoms with Crippen molar-refractivity contribution in [1.29, 1.82) is 0 Å². The number of aromatic nitrogens is 1. The number of hydrogen-bond donors (Lipinski definition) is 2. The highest BCUT2D eigenvalue weighted by Gasteiger charge is 2.30. The number of fused-ring (bicyclic) bond motifs is 1. The molecule has 1 aliphatic rings. The molecule has 2 aromatic rings. The Morgan fingerprint density at radius 3 is 2.48 bits per heavy atom. The molecule has 3 rings (SSSR count). The first-order valence-corrected chi connectivity index (χ1v) is 9.64. The van der Waals surface area contributed by atoms with Crippen LogP contribution in [-0.2, 0) is 27.6 Å². The molecule has 6 nitrogen and oxygen atoms in total. The van der Waals surface area contributed by atoms with Gasteiger partial charge in [0.1, 0.15) is 4.90 Å². The van der Waals surface area contributed by atoms with Crippen LogP contribution in [0.4, 0.5) is 32.0 Å². The minimum atomic E-state index is -4.39. The Bertz CT molecular complexity index is 996. The van der Waals surface area contributed by atoms with Gasteiger partial charge in [-0.1, -0.05) is 0 Å². The Kier molecular flexibility index (Phi) is 5.98. The zero-order chi connectivity index (χ0) is 21.3. The molecule has 0 saturated heterocycles. The molecule has 1 aromatic carbocycles. The van der Waals surface area contributed by atoms with E-state index >= 15 is 0 Å². The zero-order valence-electron chi connectivity index (χ0n) is 14.4. The van der Waals surface area contributed by atoms with E-state index in [4.69, 9.17) is 0 Å². The summed E-state index contributed by atoms with van der Waals surface area (Å²) >= 11 is 0. The molecule has 1 aliphatic carbocycles. The van der Waals surface area contributed by atoms with Crippen LogP contribution in [0.3, 0.4) is 0 Å². The first kappa shape index (κ1) is 21.3. The van der Waals surface area contributed by atoms with Gasteiger partial charge in [0.25, 0.3) is 10.0 Å². The number of halogens is 6. The monoisotopic (exact) mass is 444 g/mol. The lowest BCUT2D eigenvalue weighted by atomic mass is 9.95. The van der Waals surface area contributed by atoms with Gasteiger partial charge in [0.2, 0.25) is 0 Å². The van der Waals surface area contributed by atoms with Crippen molar-refractivity contribution in [3.05, 3.63) is 41.2 Å². The van der Waals surface area contributed by atoms with Crippen molar-refractivity contribution in [2.24, 2.45) is 0 Å². The highest BCUT2D eigenvalue weighted by molar-refractivity contribution is 7.92. The molecule has 0 amide bonds. The van der Waals surface area contributed by atoms with Crippen LogP contribution in [0.15, 0.2) is 23.2 Å². The Balaban J connectivity index is 1.83. The topological polar surface area (TPSA) is 80.4 Å². The molecule has 0 fully saturated rings. The molecule has 29 heavy (non-hydrogen) atoms. The molecule has 1 unspecified atom stereocenters. The summed E-state index contributed by atoms with van der Waals surface area (Å²) in [5.41, 5.74) is -0.131. The smallest absolute Gasteiger partial charge is 0.387 e. The largest absolute Gasteiger partial charge is 0.432 e. The number of sulfonamides is 1. The van der Waals surface area contributed by atoms with Gasteiger partial charge >= 0.3 is 13.2 Å². The average molecular weight is 444 g/mol. The van der Waals surface area contributed by atoms with Crippen molar-refractivity contribution in [3.63, 3.8) is 0 Å². The second-order valence-corrected chi connectivity index (χ2v) is 7.77. The van der Waals surface area contributed by atoms with Gasteiger partial charge in [-0.15, -0.1) is 0 Å². The molecule has 0 bridgehead atoms. The van der Waals surface area contributed by atoms with Crippen molar-refractivity contribution in [2.45, 2.75) is 43.5 Å². The molecular formula is C16H14F6N2O4S. The molecule has 0 spiro atoms. The van der Waals surface area contributed by atoms with E-state index < -0.39 is 52.4 Å². The predicted octanol–water partition coefficient (Wildman–Crippen LogP) is 3.79. The molecular weight excluding hydrogens is 430 g/mol. The lowest BCUT2D eigenvalue weighted by Gasteiger charge is -2.22. The second kappa shape index (κ2) is 8.14. The maximum atomic E-state index is 14.1. The van der Waals surface area contributed by atoms with Crippen LogP contribution in [0.1, 0.15) is 17.7 Å². The second-order valence-electron chi connectivity index (χ2n) is 6.12. The van der Waals surface area contributed by atoms with Crippen LogP contribution >= 0.6 is 0 Å².